The van der Waals surface area contributed by atoms with E-state index in [0.29, 0.717) is 11.1 Å². The molecule has 8 heteroatoms. The molecule has 0 radical (unpaired) electrons. The summed E-state index contributed by atoms with van der Waals surface area (Å²) in [6, 6.07) is 6.13. The van der Waals surface area contributed by atoms with E-state index in [4.69, 9.17) is 0 Å². The Bertz CT molecular complexity index is 899. The standard InChI is InChI=1S/C26H40N2O6/c1-25(2,3)27-11-21(31)15-7-17(13-29)23(33)19(9-15)20-10-16(8-18(14-30)24(20)34)22(32)12-28-26(4,5)6/h7-10,21-22,27-34H,11-14H2,1-6H3. The van der Waals surface area contributed by atoms with Gasteiger partial charge in [-0.2, -0.15) is 0 Å². The van der Waals surface area contributed by atoms with Crippen molar-refractivity contribution in [2.24, 2.45) is 0 Å². The summed E-state index contributed by atoms with van der Waals surface area (Å²) in [5.74, 6) is -0.498. The van der Waals surface area contributed by atoms with Crippen molar-refractivity contribution in [1.82, 2.24) is 10.6 Å². The molecule has 190 valence electrons. The first-order valence-electron chi connectivity index (χ1n) is 11.5. The van der Waals surface area contributed by atoms with Crippen molar-refractivity contribution in [3.63, 3.8) is 0 Å². The van der Waals surface area contributed by atoms with Crippen LogP contribution in [0.3, 0.4) is 0 Å². The van der Waals surface area contributed by atoms with Gasteiger partial charge in [-0.1, -0.05) is 0 Å². The van der Waals surface area contributed by atoms with Gasteiger partial charge in [0.05, 0.1) is 25.4 Å². The van der Waals surface area contributed by atoms with E-state index < -0.39 is 25.4 Å². The van der Waals surface area contributed by atoms with Crippen LogP contribution in [0.15, 0.2) is 24.3 Å². The van der Waals surface area contributed by atoms with Gasteiger partial charge in [0.15, 0.2) is 0 Å². The molecule has 0 saturated carbocycles. The van der Waals surface area contributed by atoms with E-state index in [-0.39, 0.29) is 57.9 Å². The fourth-order valence-electron chi connectivity index (χ4n) is 3.52. The first-order chi connectivity index (χ1) is 15.7. The van der Waals surface area contributed by atoms with Gasteiger partial charge in [0, 0.05) is 46.4 Å². The van der Waals surface area contributed by atoms with Crippen molar-refractivity contribution in [3.8, 4) is 22.6 Å². The number of hydrogen-bond donors (Lipinski definition) is 8. The van der Waals surface area contributed by atoms with Crippen LogP contribution in [0.2, 0.25) is 0 Å². The third-order valence-corrected chi connectivity index (χ3v) is 5.47. The molecule has 0 fully saturated rings. The Morgan fingerprint density at radius 3 is 1.24 bits per heavy atom. The van der Waals surface area contributed by atoms with Crippen LogP contribution in [0.25, 0.3) is 11.1 Å². The largest absolute Gasteiger partial charge is 0.507 e. The first kappa shape index (κ1) is 28.0. The molecule has 0 aliphatic heterocycles. The molecule has 0 heterocycles. The second-order valence-electron chi connectivity index (χ2n) is 10.8. The molecule has 0 aromatic heterocycles. The Balaban J connectivity index is 2.57. The number of aliphatic hydroxyl groups is 4. The number of hydrogen-bond acceptors (Lipinski definition) is 8. The Morgan fingerprint density at radius 1 is 0.647 bits per heavy atom. The van der Waals surface area contributed by atoms with E-state index in [0.717, 1.165) is 0 Å². The molecule has 0 amide bonds. The van der Waals surface area contributed by atoms with E-state index in [2.05, 4.69) is 10.6 Å². The molecule has 8 N–H and O–H groups in total. The van der Waals surface area contributed by atoms with Crippen LogP contribution >= 0.6 is 0 Å². The summed E-state index contributed by atoms with van der Waals surface area (Å²) < 4.78 is 0. The fourth-order valence-corrected chi connectivity index (χ4v) is 3.52. The SMILES string of the molecule is CC(C)(C)NCC(O)c1cc(CO)c(O)c(-c2cc(C(O)CNC(C)(C)C)cc(CO)c2O)c1. The monoisotopic (exact) mass is 476 g/mol. The van der Waals surface area contributed by atoms with Gasteiger partial charge in [0.2, 0.25) is 0 Å². The lowest BCUT2D eigenvalue weighted by atomic mass is 9.91. The lowest BCUT2D eigenvalue weighted by Crippen LogP contribution is -2.38. The minimum Gasteiger partial charge on any atom is -0.507 e. The Morgan fingerprint density at radius 2 is 0.971 bits per heavy atom. The molecule has 2 aromatic rings. The van der Waals surface area contributed by atoms with Crippen molar-refractivity contribution < 1.29 is 30.6 Å². The quantitative estimate of drug-likeness (QED) is 0.276. The third-order valence-electron chi connectivity index (χ3n) is 5.47. The minimum atomic E-state index is -0.937. The first-order valence-corrected chi connectivity index (χ1v) is 11.5. The summed E-state index contributed by atoms with van der Waals surface area (Å²) >= 11 is 0. The smallest absolute Gasteiger partial charge is 0.129 e. The maximum atomic E-state index is 10.8. The van der Waals surface area contributed by atoms with Crippen LogP contribution in [0.4, 0.5) is 0 Å². The maximum Gasteiger partial charge on any atom is 0.129 e. The highest BCUT2D eigenvalue weighted by Crippen LogP contribution is 2.42. The molecule has 0 bridgehead atoms. The lowest BCUT2D eigenvalue weighted by molar-refractivity contribution is 0.162. The van der Waals surface area contributed by atoms with Crippen LogP contribution in [0.5, 0.6) is 11.5 Å². The average Bonchev–Trinajstić information content (AvgIpc) is 2.75. The zero-order chi connectivity index (χ0) is 25.8. The third kappa shape index (κ3) is 7.40. The highest BCUT2D eigenvalue weighted by Gasteiger charge is 2.23. The van der Waals surface area contributed by atoms with Gasteiger partial charge in [-0.05, 0) is 76.9 Å². The number of phenols is 2. The number of benzene rings is 2. The topological polar surface area (TPSA) is 145 Å². The van der Waals surface area contributed by atoms with Gasteiger partial charge in [0.1, 0.15) is 11.5 Å². The average molecular weight is 477 g/mol. The second kappa shape index (κ2) is 11.0. The molecule has 34 heavy (non-hydrogen) atoms. The predicted molar refractivity (Wildman–Crippen MR) is 132 cm³/mol. The number of aliphatic hydroxyl groups excluding tert-OH is 4. The maximum absolute atomic E-state index is 10.8. The van der Waals surface area contributed by atoms with E-state index in [1.54, 1.807) is 12.1 Å². The van der Waals surface area contributed by atoms with E-state index >= 15 is 0 Å². The van der Waals surface area contributed by atoms with Crippen molar-refractivity contribution in [1.29, 1.82) is 0 Å². The summed E-state index contributed by atoms with van der Waals surface area (Å²) in [6.07, 6.45) is -1.87. The van der Waals surface area contributed by atoms with Gasteiger partial charge in [-0.25, -0.2) is 0 Å². The van der Waals surface area contributed by atoms with Crippen molar-refractivity contribution in [2.75, 3.05) is 13.1 Å². The van der Waals surface area contributed by atoms with Crippen LogP contribution in [0, 0.1) is 0 Å². The van der Waals surface area contributed by atoms with E-state index in [1.807, 2.05) is 41.5 Å². The molecule has 2 atom stereocenters. The second-order valence-corrected chi connectivity index (χ2v) is 10.8. The van der Waals surface area contributed by atoms with Gasteiger partial charge >= 0.3 is 0 Å². The summed E-state index contributed by atoms with van der Waals surface area (Å²) in [4.78, 5) is 0. The molecule has 0 saturated heterocycles. The molecule has 2 rings (SSSR count). The van der Waals surface area contributed by atoms with Crippen LogP contribution in [-0.2, 0) is 13.2 Å². The molecular formula is C26H40N2O6. The van der Waals surface area contributed by atoms with E-state index in [9.17, 15) is 30.6 Å². The molecule has 2 unspecified atom stereocenters. The van der Waals surface area contributed by atoms with Crippen molar-refractivity contribution in [2.45, 2.75) is 78.0 Å². The highest BCUT2D eigenvalue weighted by atomic mass is 16.3. The summed E-state index contributed by atoms with van der Waals surface area (Å²) in [5.41, 5.74) is 1.18. The minimum absolute atomic E-state index is 0.182. The van der Waals surface area contributed by atoms with Gasteiger partial charge in [0.25, 0.3) is 0 Å². The predicted octanol–water partition coefficient (Wildman–Crippen LogP) is 2.59. The Hall–Kier alpha value is -2.20. The Labute approximate surface area is 201 Å². The fraction of sp³-hybridized carbons (Fsp3) is 0.538. The normalized spacial score (nSPS) is 14.3. The highest BCUT2D eigenvalue weighted by molar-refractivity contribution is 5.79. The zero-order valence-corrected chi connectivity index (χ0v) is 21.0. The summed E-state index contributed by atoms with van der Waals surface area (Å²) in [6.45, 7) is 11.4. The van der Waals surface area contributed by atoms with Crippen molar-refractivity contribution in [3.05, 3.63) is 46.5 Å². The van der Waals surface area contributed by atoms with Gasteiger partial charge in [-0.15, -0.1) is 0 Å². The van der Waals surface area contributed by atoms with Gasteiger partial charge in [-0.3, -0.25) is 0 Å². The number of β-amino-alcohol motifs (C(OH)–C–C–N with tert-alkyl or cyclic N) is 2. The number of rotatable bonds is 9. The molecule has 0 aliphatic rings. The van der Waals surface area contributed by atoms with Crippen molar-refractivity contribution >= 4 is 0 Å². The van der Waals surface area contributed by atoms with Gasteiger partial charge < -0.3 is 41.3 Å². The zero-order valence-electron chi connectivity index (χ0n) is 21.0. The Kier molecular flexibility index (Phi) is 9.10. The van der Waals surface area contributed by atoms with Crippen LogP contribution < -0.4 is 10.6 Å². The summed E-state index contributed by atoms with van der Waals surface area (Å²) in [7, 11) is 0. The van der Waals surface area contributed by atoms with Crippen LogP contribution in [0.1, 0.15) is 76.0 Å². The molecule has 0 spiro atoms. The number of aromatic hydroxyl groups is 2. The number of nitrogens with one attached hydrogen (secondary N) is 2. The molecule has 2 aromatic carbocycles. The van der Waals surface area contributed by atoms with Crippen LogP contribution in [-0.4, -0.2) is 54.8 Å². The van der Waals surface area contributed by atoms with E-state index in [1.165, 1.54) is 12.1 Å². The summed E-state index contributed by atoms with van der Waals surface area (Å²) in [5, 5.41) is 69.2. The molecular weight excluding hydrogens is 436 g/mol. The molecule has 8 nitrogen and oxygen atoms in total. The lowest BCUT2D eigenvalue weighted by Gasteiger charge is -2.25. The molecule has 0 aliphatic carbocycles.